The van der Waals surface area contributed by atoms with E-state index in [1.165, 1.54) is 31.2 Å². The molecule has 0 spiro atoms. The number of benzene rings is 1. The molecule has 0 radical (unpaired) electrons. The van der Waals surface area contributed by atoms with Crippen molar-refractivity contribution in [2.45, 2.75) is 50.3 Å². The van der Waals surface area contributed by atoms with E-state index >= 15 is 0 Å². The van der Waals surface area contributed by atoms with Crippen molar-refractivity contribution >= 4 is 10.8 Å². The Balaban J connectivity index is 1.99. The molecular weight excluding hydrogens is 228 g/mol. The summed E-state index contributed by atoms with van der Waals surface area (Å²) in [6.07, 6.45) is 7.46. The lowest BCUT2D eigenvalue weighted by Crippen LogP contribution is -2.08. The van der Waals surface area contributed by atoms with Crippen LogP contribution in [0.3, 0.4) is 0 Å². The lowest BCUT2D eigenvalue weighted by molar-refractivity contribution is 0.604. The topological polar surface area (TPSA) is 17.1 Å². The first-order valence-corrected chi connectivity index (χ1v) is 8.09. The summed E-state index contributed by atoms with van der Waals surface area (Å²) in [4.78, 5) is 1.03. The maximum atomic E-state index is 12.3. The van der Waals surface area contributed by atoms with Crippen LogP contribution in [0.2, 0.25) is 0 Å². The summed E-state index contributed by atoms with van der Waals surface area (Å²) >= 11 is 0. The molecule has 0 saturated heterocycles. The van der Waals surface area contributed by atoms with Crippen molar-refractivity contribution in [3.05, 3.63) is 29.8 Å². The molecule has 1 nitrogen and oxygen atoms in total. The lowest BCUT2D eigenvalue weighted by Gasteiger charge is -2.09. The van der Waals surface area contributed by atoms with Gasteiger partial charge in [-0.25, -0.2) is 0 Å². The van der Waals surface area contributed by atoms with E-state index in [2.05, 4.69) is 19.1 Å². The molecule has 0 heterocycles. The zero-order valence-corrected chi connectivity index (χ0v) is 11.5. The molecule has 1 fully saturated rings. The van der Waals surface area contributed by atoms with E-state index in [1.54, 1.807) is 0 Å². The molecule has 1 unspecified atom stereocenters. The van der Waals surface area contributed by atoms with E-state index in [0.717, 1.165) is 23.5 Å². The molecule has 0 N–H and O–H groups in total. The van der Waals surface area contributed by atoms with Gasteiger partial charge in [0, 0.05) is 10.6 Å². The highest BCUT2D eigenvalue weighted by atomic mass is 32.2. The Hall–Kier alpha value is -0.630. The van der Waals surface area contributed by atoms with Crippen LogP contribution < -0.4 is 0 Å². The van der Waals surface area contributed by atoms with Gasteiger partial charge in [0.25, 0.3) is 0 Å². The van der Waals surface area contributed by atoms with Crippen molar-refractivity contribution in [3.63, 3.8) is 0 Å². The Kier molecular flexibility index (Phi) is 4.78. The minimum absolute atomic E-state index is 0.700. The Bertz CT molecular complexity index is 380. The number of hydrogen-bond acceptors (Lipinski definition) is 1. The Morgan fingerprint density at radius 2 is 2.06 bits per heavy atom. The molecule has 94 valence electrons. The highest BCUT2D eigenvalue weighted by molar-refractivity contribution is 7.85. The molecule has 0 bridgehead atoms. The van der Waals surface area contributed by atoms with Crippen LogP contribution >= 0.6 is 0 Å². The zero-order chi connectivity index (χ0) is 12.1. The summed E-state index contributed by atoms with van der Waals surface area (Å²) in [5.74, 6) is 1.57. The first-order chi connectivity index (χ1) is 8.29. The Morgan fingerprint density at radius 3 is 2.76 bits per heavy atom. The summed E-state index contributed by atoms with van der Waals surface area (Å²) in [5.41, 5.74) is 1.32. The third-order valence-electron chi connectivity index (χ3n) is 3.56. The second-order valence-electron chi connectivity index (χ2n) is 5.06. The Morgan fingerprint density at radius 1 is 1.29 bits per heavy atom. The fraction of sp³-hybridized carbons (Fsp3) is 0.600. The standard InChI is InChI=1S/C15H22OS/c1-2-6-13-9-5-10-15(11-13)17(16)12-14-7-3-4-8-14/h5,9-11,14H,2-4,6-8,12H2,1H3. The third-order valence-corrected chi connectivity index (χ3v) is 5.12. The van der Waals surface area contributed by atoms with Gasteiger partial charge in [0.15, 0.2) is 0 Å². The minimum Gasteiger partial charge on any atom is -0.254 e. The van der Waals surface area contributed by atoms with Gasteiger partial charge in [-0.15, -0.1) is 0 Å². The SMILES string of the molecule is CCCc1cccc(S(=O)CC2CCCC2)c1. The van der Waals surface area contributed by atoms with Crippen LogP contribution in [0.1, 0.15) is 44.6 Å². The largest absolute Gasteiger partial charge is 0.254 e. The summed E-state index contributed by atoms with van der Waals surface area (Å²) in [6.45, 7) is 2.18. The molecule has 1 aromatic rings. The van der Waals surface area contributed by atoms with Crippen molar-refractivity contribution in [2.24, 2.45) is 5.92 Å². The second kappa shape index (κ2) is 6.34. The van der Waals surface area contributed by atoms with Crippen molar-refractivity contribution in [3.8, 4) is 0 Å². The van der Waals surface area contributed by atoms with Crippen LogP contribution in [0.25, 0.3) is 0 Å². The molecule has 1 saturated carbocycles. The van der Waals surface area contributed by atoms with Gasteiger partial charge in [0.05, 0.1) is 10.8 Å². The van der Waals surface area contributed by atoms with Gasteiger partial charge < -0.3 is 0 Å². The monoisotopic (exact) mass is 250 g/mol. The molecule has 1 aliphatic carbocycles. The van der Waals surface area contributed by atoms with Crippen LogP contribution in [-0.2, 0) is 17.2 Å². The van der Waals surface area contributed by atoms with Crippen LogP contribution in [0.5, 0.6) is 0 Å². The summed E-state index contributed by atoms with van der Waals surface area (Å²) in [5, 5.41) is 0. The molecule has 2 heteroatoms. The predicted octanol–water partition coefficient (Wildman–Crippen LogP) is 3.94. The maximum Gasteiger partial charge on any atom is 0.0532 e. The smallest absolute Gasteiger partial charge is 0.0532 e. The summed E-state index contributed by atoms with van der Waals surface area (Å²) < 4.78 is 12.3. The second-order valence-corrected chi connectivity index (χ2v) is 6.56. The average Bonchev–Trinajstić information content (AvgIpc) is 2.83. The van der Waals surface area contributed by atoms with Crippen LogP contribution in [0.4, 0.5) is 0 Å². The van der Waals surface area contributed by atoms with Crippen LogP contribution in [-0.4, -0.2) is 9.96 Å². The lowest BCUT2D eigenvalue weighted by atomic mass is 10.1. The Labute approximate surface area is 107 Å². The van der Waals surface area contributed by atoms with Gasteiger partial charge in [-0.1, -0.05) is 38.3 Å². The normalized spacial score (nSPS) is 18.4. The van der Waals surface area contributed by atoms with Crippen molar-refractivity contribution in [1.29, 1.82) is 0 Å². The number of aryl methyl sites for hydroxylation is 1. The summed E-state index contributed by atoms with van der Waals surface area (Å²) in [7, 11) is -0.787. The molecule has 1 aliphatic rings. The average molecular weight is 250 g/mol. The fourth-order valence-corrected chi connectivity index (χ4v) is 4.09. The van der Waals surface area contributed by atoms with Gasteiger partial charge >= 0.3 is 0 Å². The van der Waals surface area contributed by atoms with Crippen molar-refractivity contribution < 1.29 is 4.21 Å². The quantitative estimate of drug-likeness (QED) is 0.773. The van der Waals surface area contributed by atoms with E-state index in [-0.39, 0.29) is 0 Å². The molecule has 1 aromatic carbocycles. The third kappa shape index (κ3) is 3.67. The van der Waals surface area contributed by atoms with E-state index in [1.807, 2.05) is 12.1 Å². The molecule has 2 rings (SSSR count). The molecule has 0 amide bonds. The highest BCUT2D eigenvalue weighted by Crippen LogP contribution is 2.26. The van der Waals surface area contributed by atoms with E-state index in [0.29, 0.717) is 5.92 Å². The molecule has 0 aliphatic heterocycles. The van der Waals surface area contributed by atoms with Gasteiger partial charge in [0.2, 0.25) is 0 Å². The van der Waals surface area contributed by atoms with E-state index in [4.69, 9.17) is 0 Å². The van der Waals surface area contributed by atoms with Crippen molar-refractivity contribution in [1.82, 2.24) is 0 Å². The van der Waals surface area contributed by atoms with Crippen LogP contribution in [0.15, 0.2) is 29.2 Å². The summed E-state index contributed by atoms with van der Waals surface area (Å²) in [6, 6.07) is 8.34. The predicted molar refractivity (Wildman–Crippen MR) is 73.7 cm³/mol. The van der Waals surface area contributed by atoms with E-state index in [9.17, 15) is 4.21 Å². The highest BCUT2D eigenvalue weighted by Gasteiger charge is 2.18. The maximum absolute atomic E-state index is 12.3. The van der Waals surface area contributed by atoms with E-state index < -0.39 is 10.8 Å². The first kappa shape index (κ1) is 12.8. The molecule has 0 aromatic heterocycles. The van der Waals surface area contributed by atoms with Gasteiger partial charge in [-0.3, -0.25) is 4.21 Å². The molecule has 1 atom stereocenters. The minimum atomic E-state index is -0.787. The zero-order valence-electron chi connectivity index (χ0n) is 10.7. The molecular formula is C15H22OS. The number of hydrogen-bond donors (Lipinski definition) is 0. The molecule has 17 heavy (non-hydrogen) atoms. The first-order valence-electron chi connectivity index (χ1n) is 6.77. The van der Waals surface area contributed by atoms with Gasteiger partial charge in [0.1, 0.15) is 0 Å². The van der Waals surface area contributed by atoms with Crippen LogP contribution in [0, 0.1) is 5.92 Å². The van der Waals surface area contributed by atoms with Gasteiger partial charge in [-0.2, -0.15) is 0 Å². The number of rotatable bonds is 5. The fourth-order valence-electron chi connectivity index (χ4n) is 2.62. The van der Waals surface area contributed by atoms with Crippen molar-refractivity contribution in [2.75, 3.05) is 5.75 Å². The van der Waals surface area contributed by atoms with Gasteiger partial charge in [-0.05, 0) is 42.9 Å².